The third-order valence-electron chi connectivity index (χ3n) is 3.23. The van der Waals surface area contributed by atoms with Crippen LogP contribution in [0.25, 0.3) is 10.9 Å². The quantitative estimate of drug-likeness (QED) is 0.805. The Morgan fingerprint density at radius 1 is 1.26 bits per heavy atom. The zero-order valence-electron chi connectivity index (χ0n) is 11.9. The van der Waals surface area contributed by atoms with Gasteiger partial charge in [-0.05, 0) is 30.0 Å². The van der Waals surface area contributed by atoms with Gasteiger partial charge in [-0.3, -0.25) is 0 Å². The smallest absolute Gasteiger partial charge is 0.222 e. The number of nitrogens with zero attached hydrogens (tertiary/aromatic N) is 2. The van der Waals surface area contributed by atoms with E-state index in [0.717, 1.165) is 36.1 Å². The van der Waals surface area contributed by atoms with Crippen LogP contribution in [0.4, 0.5) is 11.8 Å². The van der Waals surface area contributed by atoms with Crippen LogP contribution in [0.3, 0.4) is 0 Å². The molecule has 4 nitrogen and oxygen atoms in total. The van der Waals surface area contributed by atoms with E-state index in [9.17, 15) is 0 Å². The molecule has 0 amide bonds. The summed E-state index contributed by atoms with van der Waals surface area (Å²) in [4.78, 5) is 8.62. The lowest BCUT2D eigenvalue weighted by Crippen LogP contribution is -2.06. The lowest BCUT2D eigenvalue weighted by molar-refractivity contribution is 0.831. The zero-order chi connectivity index (χ0) is 13.8. The number of aromatic nitrogens is 2. The number of unbranched alkanes of at least 4 members (excludes halogenated alkanes) is 1. The van der Waals surface area contributed by atoms with E-state index in [-0.39, 0.29) is 0 Å². The van der Waals surface area contributed by atoms with Crippen LogP contribution >= 0.6 is 0 Å². The van der Waals surface area contributed by atoms with Crippen molar-refractivity contribution in [1.29, 1.82) is 0 Å². The van der Waals surface area contributed by atoms with E-state index in [1.807, 2.05) is 6.07 Å². The fourth-order valence-electron chi connectivity index (χ4n) is 2.04. The minimum absolute atomic E-state index is 0.323. The van der Waals surface area contributed by atoms with Crippen LogP contribution in [0.5, 0.6) is 0 Å². The Labute approximate surface area is 114 Å². The van der Waals surface area contributed by atoms with Crippen LogP contribution in [0.15, 0.2) is 18.2 Å². The van der Waals surface area contributed by atoms with Crippen molar-refractivity contribution in [3.8, 4) is 0 Å². The maximum atomic E-state index is 5.76. The highest BCUT2D eigenvalue weighted by atomic mass is 15.1. The molecule has 0 radical (unpaired) electrons. The third kappa shape index (κ3) is 3.13. The minimum Gasteiger partial charge on any atom is -0.369 e. The van der Waals surface area contributed by atoms with E-state index >= 15 is 0 Å². The average Bonchev–Trinajstić information content (AvgIpc) is 2.38. The number of fused-ring (bicyclic) bond motifs is 1. The minimum atomic E-state index is 0.323. The molecule has 0 fully saturated rings. The lowest BCUT2D eigenvalue weighted by Gasteiger charge is -2.11. The number of anilines is 2. The summed E-state index contributed by atoms with van der Waals surface area (Å²) < 4.78 is 0. The normalized spacial score (nSPS) is 11.2. The number of benzene rings is 1. The first-order chi connectivity index (χ1) is 9.11. The van der Waals surface area contributed by atoms with Crippen molar-refractivity contribution >= 4 is 22.7 Å². The highest BCUT2D eigenvalue weighted by Gasteiger charge is 2.08. The Morgan fingerprint density at radius 2 is 2.05 bits per heavy atom. The van der Waals surface area contributed by atoms with E-state index in [2.05, 4.69) is 48.2 Å². The van der Waals surface area contributed by atoms with Gasteiger partial charge in [-0.25, -0.2) is 4.98 Å². The highest BCUT2D eigenvalue weighted by Crippen LogP contribution is 2.25. The van der Waals surface area contributed by atoms with Crippen LogP contribution in [-0.2, 0) is 0 Å². The van der Waals surface area contributed by atoms with Gasteiger partial charge in [-0.15, -0.1) is 0 Å². The fourth-order valence-corrected chi connectivity index (χ4v) is 2.04. The molecule has 0 saturated heterocycles. The average molecular weight is 258 g/mol. The van der Waals surface area contributed by atoms with Gasteiger partial charge in [-0.1, -0.05) is 33.3 Å². The number of hydrogen-bond acceptors (Lipinski definition) is 4. The Balaban J connectivity index is 2.43. The fraction of sp³-hybridized carbons (Fsp3) is 0.467. The summed E-state index contributed by atoms with van der Waals surface area (Å²) >= 11 is 0. The van der Waals surface area contributed by atoms with Crippen LogP contribution in [0, 0.1) is 0 Å². The summed E-state index contributed by atoms with van der Waals surface area (Å²) in [6, 6.07) is 6.29. The van der Waals surface area contributed by atoms with Gasteiger partial charge < -0.3 is 11.1 Å². The van der Waals surface area contributed by atoms with E-state index < -0.39 is 0 Å². The summed E-state index contributed by atoms with van der Waals surface area (Å²) in [6.07, 6.45) is 2.28. The molecule has 19 heavy (non-hydrogen) atoms. The molecule has 0 unspecified atom stereocenters. The molecule has 1 aromatic heterocycles. The number of hydrogen-bond donors (Lipinski definition) is 2. The summed E-state index contributed by atoms with van der Waals surface area (Å²) in [5.74, 6) is 1.66. The second-order valence-corrected chi connectivity index (χ2v) is 5.14. The zero-order valence-corrected chi connectivity index (χ0v) is 11.9. The van der Waals surface area contributed by atoms with Gasteiger partial charge in [0.2, 0.25) is 5.95 Å². The molecule has 0 bridgehead atoms. The number of rotatable bonds is 5. The van der Waals surface area contributed by atoms with Crippen molar-refractivity contribution in [3.63, 3.8) is 0 Å². The largest absolute Gasteiger partial charge is 0.369 e. The Bertz CT molecular complexity index is 563. The van der Waals surface area contributed by atoms with Gasteiger partial charge in [0.05, 0.1) is 5.52 Å². The van der Waals surface area contributed by atoms with Gasteiger partial charge in [0.1, 0.15) is 5.82 Å². The molecule has 0 aliphatic heterocycles. The number of nitrogens with two attached hydrogens (primary N) is 1. The van der Waals surface area contributed by atoms with Gasteiger partial charge in [-0.2, -0.15) is 4.98 Å². The van der Waals surface area contributed by atoms with Gasteiger partial charge in [0, 0.05) is 11.9 Å². The number of nitrogens with one attached hydrogen (secondary N) is 1. The summed E-state index contributed by atoms with van der Waals surface area (Å²) in [5, 5.41) is 4.42. The predicted molar refractivity (Wildman–Crippen MR) is 81.4 cm³/mol. The summed E-state index contributed by atoms with van der Waals surface area (Å²) in [5.41, 5.74) is 7.95. The first kappa shape index (κ1) is 13.6. The monoisotopic (exact) mass is 258 g/mol. The summed E-state index contributed by atoms with van der Waals surface area (Å²) in [7, 11) is 0. The Morgan fingerprint density at radius 3 is 2.74 bits per heavy atom. The molecular formula is C15H22N4. The molecule has 0 saturated carbocycles. The van der Waals surface area contributed by atoms with Crippen molar-refractivity contribution in [1.82, 2.24) is 9.97 Å². The van der Waals surface area contributed by atoms with Crippen molar-refractivity contribution in [2.45, 2.75) is 39.5 Å². The molecule has 102 valence electrons. The standard InChI is InChI=1S/C15H22N4/c1-4-5-8-17-14-12-9-11(10(2)3)6-7-13(12)18-15(16)19-14/h6-7,9-10H,4-5,8H2,1-3H3,(H3,16,17,18,19). The van der Waals surface area contributed by atoms with Crippen molar-refractivity contribution < 1.29 is 0 Å². The van der Waals surface area contributed by atoms with Crippen LogP contribution in [-0.4, -0.2) is 16.5 Å². The second kappa shape index (κ2) is 5.87. The van der Waals surface area contributed by atoms with Gasteiger partial charge >= 0.3 is 0 Å². The first-order valence-corrected chi connectivity index (χ1v) is 6.93. The molecule has 0 spiro atoms. The molecule has 1 aromatic carbocycles. The Hall–Kier alpha value is -1.84. The third-order valence-corrected chi connectivity index (χ3v) is 3.23. The summed E-state index contributed by atoms with van der Waals surface area (Å²) in [6.45, 7) is 7.45. The van der Waals surface area contributed by atoms with Crippen LogP contribution < -0.4 is 11.1 Å². The molecule has 4 heteroatoms. The number of nitrogen functional groups attached to an aromatic ring is 1. The van der Waals surface area contributed by atoms with E-state index in [0.29, 0.717) is 11.9 Å². The second-order valence-electron chi connectivity index (χ2n) is 5.14. The molecule has 0 atom stereocenters. The predicted octanol–water partition coefficient (Wildman–Crippen LogP) is 3.55. The lowest BCUT2D eigenvalue weighted by atomic mass is 10.0. The van der Waals surface area contributed by atoms with Crippen LogP contribution in [0.1, 0.15) is 45.1 Å². The van der Waals surface area contributed by atoms with E-state index in [4.69, 9.17) is 5.73 Å². The maximum absolute atomic E-state index is 5.76. The first-order valence-electron chi connectivity index (χ1n) is 6.93. The SMILES string of the molecule is CCCCNc1nc(N)nc2ccc(C(C)C)cc12. The van der Waals surface area contributed by atoms with Crippen LogP contribution in [0.2, 0.25) is 0 Å². The molecule has 1 heterocycles. The highest BCUT2D eigenvalue weighted by molar-refractivity contribution is 5.90. The van der Waals surface area contributed by atoms with Crippen molar-refractivity contribution in [3.05, 3.63) is 23.8 Å². The van der Waals surface area contributed by atoms with E-state index in [1.54, 1.807) is 0 Å². The topological polar surface area (TPSA) is 63.8 Å². The molecule has 2 rings (SSSR count). The molecule has 3 N–H and O–H groups in total. The molecule has 0 aliphatic carbocycles. The molecule has 2 aromatic rings. The molecule has 0 aliphatic rings. The molecular weight excluding hydrogens is 236 g/mol. The van der Waals surface area contributed by atoms with E-state index in [1.165, 1.54) is 5.56 Å². The van der Waals surface area contributed by atoms with Crippen molar-refractivity contribution in [2.24, 2.45) is 0 Å². The Kier molecular flexibility index (Phi) is 4.20. The van der Waals surface area contributed by atoms with Gasteiger partial charge in [0.25, 0.3) is 0 Å². The van der Waals surface area contributed by atoms with Crippen molar-refractivity contribution in [2.75, 3.05) is 17.6 Å². The van der Waals surface area contributed by atoms with Gasteiger partial charge in [0.15, 0.2) is 0 Å². The maximum Gasteiger partial charge on any atom is 0.222 e.